The number of aliphatic hydroxyl groups is 2. The highest BCUT2D eigenvalue weighted by Gasteiger charge is 2.06. The number of thioether (sulfide) groups is 1. The van der Waals surface area contributed by atoms with Gasteiger partial charge in [-0.15, -0.1) is 0 Å². The number of nitrogens with two attached hydrogens (primary N) is 1. The van der Waals surface area contributed by atoms with Crippen molar-refractivity contribution >= 4 is 29.0 Å². The van der Waals surface area contributed by atoms with Gasteiger partial charge in [0, 0.05) is 29.3 Å². The van der Waals surface area contributed by atoms with E-state index in [-0.39, 0.29) is 12.5 Å². The van der Waals surface area contributed by atoms with Gasteiger partial charge in [-0.2, -0.15) is 11.8 Å². The molecule has 0 aromatic heterocycles. The van der Waals surface area contributed by atoms with E-state index in [2.05, 4.69) is 5.32 Å². The van der Waals surface area contributed by atoms with Crippen LogP contribution in [0.3, 0.4) is 0 Å². The highest BCUT2D eigenvalue weighted by atomic mass is 32.2. The average molecular weight is 284 g/mol. The quantitative estimate of drug-likeness (QED) is 0.442. The van der Waals surface area contributed by atoms with Crippen molar-refractivity contribution in [1.29, 1.82) is 0 Å². The summed E-state index contributed by atoms with van der Waals surface area (Å²) in [5.41, 5.74) is 8.00. The van der Waals surface area contributed by atoms with E-state index in [9.17, 15) is 4.79 Å². The van der Waals surface area contributed by atoms with Crippen LogP contribution in [0.2, 0.25) is 0 Å². The summed E-state index contributed by atoms with van der Waals surface area (Å²) in [6.45, 7) is 1.64. The van der Waals surface area contributed by atoms with Gasteiger partial charge in [-0.25, -0.2) is 0 Å². The van der Waals surface area contributed by atoms with E-state index in [1.165, 1.54) is 11.8 Å². The molecule has 0 aliphatic carbocycles. The summed E-state index contributed by atoms with van der Waals surface area (Å²) in [4.78, 5) is 11.7. The monoisotopic (exact) mass is 284 g/mol. The molecule has 1 atom stereocenters. The van der Waals surface area contributed by atoms with Crippen LogP contribution in [-0.2, 0) is 4.79 Å². The fraction of sp³-hybridized carbons (Fsp3) is 0.462. The van der Waals surface area contributed by atoms with Gasteiger partial charge in [0.25, 0.3) is 0 Å². The molecular formula is C13H20N2O3S. The smallest absolute Gasteiger partial charge is 0.225 e. The second-order valence-corrected chi connectivity index (χ2v) is 5.43. The Kier molecular flexibility index (Phi) is 6.69. The van der Waals surface area contributed by atoms with Crippen LogP contribution in [0.4, 0.5) is 11.4 Å². The van der Waals surface area contributed by atoms with Crippen molar-refractivity contribution in [2.75, 3.05) is 29.2 Å². The Bertz CT molecular complexity index is 426. The molecule has 0 heterocycles. The van der Waals surface area contributed by atoms with E-state index >= 15 is 0 Å². The highest BCUT2D eigenvalue weighted by molar-refractivity contribution is 7.99. The standard InChI is InChI=1S/C13H20N2O3S/c1-9-6-10(14)2-3-12(9)15-13(18)4-5-19-8-11(17)7-16/h2-3,6,11,16-17H,4-5,7-8,14H2,1H3,(H,15,18). The highest BCUT2D eigenvalue weighted by Crippen LogP contribution is 2.18. The normalized spacial score (nSPS) is 12.2. The van der Waals surface area contributed by atoms with Gasteiger partial charge in [-0.3, -0.25) is 4.79 Å². The van der Waals surface area contributed by atoms with Crippen molar-refractivity contribution < 1.29 is 15.0 Å². The molecule has 0 spiro atoms. The molecule has 5 N–H and O–H groups in total. The number of amides is 1. The number of aliphatic hydroxyl groups excluding tert-OH is 2. The summed E-state index contributed by atoms with van der Waals surface area (Å²) in [5, 5.41) is 20.6. The van der Waals surface area contributed by atoms with Gasteiger partial charge in [-0.05, 0) is 30.7 Å². The zero-order valence-corrected chi connectivity index (χ0v) is 11.7. The van der Waals surface area contributed by atoms with Crippen LogP contribution < -0.4 is 11.1 Å². The summed E-state index contributed by atoms with van der Waals surface area (Å²) in [6, 6.07) is 5.34. The van der Waals surface area contributed by atoms with Crippen LogP contribution in [0.1, 0.15) is 12.0 Å². The molecule has 1 aromatic carbocycles. The maximum Gasteiger partial charge on any atom is 0.225 e. The maximum absolute atomic E-state index is 11.7. The molecule has 1 rings (SSSR count). The lowest BCUT2D eigenvalue weighted by Crippen LogP contribution is -2.17. The zero-order valence-electron chi connectivity index (χ0n) is 10.9. The number of hydrogen-bond acceptors (Lipinski definition) is 5. The molecule has 1 aromatic rings. The van der Waals surface area contributed by atoms with Crippen molar-refractivity contribution in [1.82, 2.24) is 0 Å². The molecule has 1 amide bonds. The first-order valence-corrected chi connectivity index (χ1v) is 7.21. The molecule has 0 aliphatic rings. The Hall–Kier alpha value is -1.24. The lowest BCUT2D eigenvalue weighted by Gasteiger charge is -2.09. The first-order chi connectivity index (χ1) is 9.02. The molecule has 0 saturated carbocycles. The van der Waals surface area contributed by atoms with Crippen molar-refractivity contribution in [3.05, 3.63) is 23.8 Å². The minimum atomic E-state index is -0.715. The van der Waals surface area contributed by atoms with Crippen molar-refractivity contribution in [2.45, 2.75) is 19.4 Å². The third-order valence-electron chi connectivity index (χ3n) is 2.52. The van der Waals surface area contributed by atoms with Crippen LogP contribution in [0.5, 0.6) is 0 Å². The summed E-state index contributed by atoms with van der Waals surface area (Å²) in [5.74, 6) is 0.973. The van der Waals surface area contributed by atoms with Gasteiger partial charge < -0.3 is 21.3 Å². The largest absolute Gasteiger partial charge is 0.399 e. The van der Waals surface area contributed by atoms with Gasteiger partial charge >= 0.3 is 0 Å². The van der Waals surface area contributed by atoms with E-state index in [0.29, 0.717) is 23.6 Å². The Balaban J connectivity index is 2.31. The molecule has 5 nitrogen and oxygen atoms in total. The van der Waals surface area contributed by atoms with E-state index in [1.807, 2.05) is 13.0 Å². The van der Waals surface area contributed by atoms with Crippen LogP contribution in [0.25, 0.3) is 0 Å². The summed E-state index contributed by atoms with van der Waals surface area (Å²) < 4.78 is 0. The van der Waals surface area contributed by atoms with Crippen LogP contribution in [-0.4, -0.2) is 40.3 Å². The molecule has 0 saturated heterocycles. The van der Waals surface area contributed by atoms with E-state index < -0.39 is 6.10 Å². The molecule has 0 aliphatic heterocycles. The number of benzene rings is 1. The second kappa shape index (κ2) is 8.04. The number of rotatable bonds is 7. The third kappa shape index (κ3) is 5.96. The van der Waals surface area contributed by atoms with Gasteiger partial charge in [0.2, 0.25) is 5.91 Å². The predicted octanol–water partition coefficient (Wildman–Crippen LogP) is 0.992. The number of carbonyl (C=O) groups excluding carboxylic acids is 1. The molecular weight excluding hydrogens is 264 g/mol. The summed E-state index contributed by atoms with van der Waals surface area (Å²) >= 11 is 1.44. The van der Waals surface area contributed by atoms with Gasteiger partial charge in [0.1, 0.15) is 0 Å². The first-order valence-electron chi connectivity index (χ1n) is 6.05. The lowest BCUT2D eigenvalue weighted by atomic mass is 10.2. The Morgan fingerprint density at radius 3 is 2.89 bits per heavy atom. The van der Waals surface area contributed by atoms with Gasteiger partial charge in [-0.1, -0.05) is 0 Å². The van der Waals surface area contributed by atoms with Crippen LogP contribution >= 0.6 is 11.8 Å². The molecule has 0 radical (unpaired) electrons. The number of nitrogens with one attached hydrogen (secondary N) is 1. The molecule has 106 valence electrons. The van der Waals surface area contributed by atoms with Crippen molar-refractivity contribution in [3.8, 4) is 0 Å². The summed E-state index contributed by atoms with van der Waals surface area (Å²) in [6.07, 6.45) is -0.348. The number of anilines is 2. The number of nitrogen functional groups attached to an aromatic ring is 1. The fourth-order valence-electron chi connectivity index (χ4n) is 1.48. The number of carbonyl (C=O) groups is 1. The first kappa shape index (κ1) is 15.8. The average Bonchev–Trinajstić information content (AvgIpc) is 2.37. The number of aryl methyl sites for hydroxylation is 1. The lowest BCUT2D eigenvalue weighted by molar-refractivity contribution is -0.115. The van der Waals surface area contributed by atoms with Crippen molar-refractivity contribution in [3.63, 3.8) is 0 Å². The van der Waals surface area contributed by atoms with Gasteiger partial charge in [0.15, 0.2) is 0 Å². The Morgan fingerprint density at radius 2 is 2.26 bits per heavy atom. The Labute approximate surface area is 117 Å². The minimum absolute atomic E-state index is 0.0705. The van der Waals surface area contributed by atoms with Crippen molar-refractivity contribution in [2.24, 2.45) is 0 Å². The molecule has 19 heavy (non-hydrogen) atoms. The Morgan fingerprint density at radius 1 is 1.53 bits per heavy atom. The van der Waals surface area contributed by atoms with Crippen LogP contribution in [0.15, 0.2) is 18.2 Å². The van der Waals surface area contributed by atoms with E-state index in [4.69, 9.17) is 15.9 Å². The second-order valence-electron chi connectivity index (χ2n) is 4.28. The van der Waals surface area contributed by atoms with E-state index in [0.717, 1.165) is 11.3 Å². The topological polar surface area (TPSA) is 95.6 Å². The molecule has 1 unspecified atom stereocenters. The zero-order chi connectivity index (χ0) is 14.3. The summed E-state index contributed by atoms with van der Waals surface area (Å²) in [7, 11) is 0. The SMILES string of the molecule is Cc1cc(N)ccc1NC(=O)CCSCC(O)CO. The molecule has 6 heteroatoms. The van der Waals surface area contributed by atoms with Gasteiger partial charge in [0.05, 0.1) is 12.7 Å². The molecule has 0 fully saturated rings. The molecule has 0 bridgehead atoms. The van der Waals surface area contributed by atoms with E-state index in [1.54, 1.807) is 12.1 Å². The predicted molar refractivity (Wildman–Crippen MR) is 79.3 cm³/mol. The third-order valence-corrected chi connectivity index (χ3v) is 3.63. The minimum Gasteiger partial charge on any atom is -0.399 e. The fourth-order valence-corrected chi connectivity index (χ4v) is 2.35. The maximum atomic E-state index is 11.7. The number of hydrogen-bond donors (Lipinski definition) is 4. The van der Waals surface area contributed by atoms with Crippen LogP contribution in [0, 0.1) is 6.92 Å².